The molecule has 2 rings (SSSR count). The average molecular weight is 353 g/mol. The highest BCUT2D eigenvalue weighted by Crippen LogP contribution is 2.32. The van der Waals surface area contributed by atoms with Gasteiger partial charge < -0.3 is 10.1 Å². The first-order chi connectivity index (χ1) is 9.99. The van der Waals surface area contributed by atoms with E-state index in [0.717, 1.165) is 6.54 Å². The summed E-state index contributed by atoms with van der Waals surface area (Å²) < 4.78 is 6.23. The first-order valence-electron chi connectivity index (χ1n) is 6.21. The van der Waals surface area contributed by atoms with Crippen LogP contribution in [0.2, 0.25) is 0 Å². The first kappa shape index (κ1) is 15.2. The standard InChI is InChI=1S/C13H13BrN4O3/c1-3-15-12-7-13(17-8(2)16-12)21-11-6-9(18(19)20)4-5-10(11)14/h4-7H,3H2,1-2H3,(H,15,16,17). The van der Waals surface area contributed by atoms with Crippen molar-refractivity contribution in [3.05, 3.63) is 44.7 Å². The lowest BCUT2D eigenvalue weighted by Crippen LogP contribution is -2.02. The van der Waals surface area contributed by atoms with Crippen molar-refractivity contribution in [2.24, 2.45) is 0 Å². The molecule has 0 spiro atoms. The molecule has 0 amide bonds. The molecule has 0 bridgehead atoms. The van der Waals surface area contributed by atoms with Crippen molar-refractivity contribution in [1.82, 2.24) is 9.97 Å². The van der Waals surface area contributed by atoms with E-state index in [1.807, 2.05) is 6.92 Å². The fourth-order valence-corrected chi connectivity index (χ4v) is 1.99. The van der Waals surface area contributed by atoms with Crippen LogP contribution in [-0.2, 0) is 0 Å². The van der Waals surface area contributed by atoms with Gasteiger partial charge in [-0.05, 0) is 35.8 Å². The van der Waals surface area contributed by atoms with Gasteiger partial charge in [0.1, 0.15) is 11.6 Å². The van der Waals surface area contributed by atoms with Crippen LogP contribution in [0.4, 0.5) is 11.5 Å². The molecule has 1 N–H and O–H groups in total. The van der Waals surface area contributed by atoms with Crippen LogP contribution in [0.1, 0.15) is 12.7 Å². The van der Waals surface area contributed by atoms with Crippen LogP contribution in [0.15, 0.2) is 28.7 Å². The van der Waals surface area contributed by atoms with Gasteiger partial charge in [0.05, 0.1) is 15.5 Å². The molecule has 21 heavy (non-hydrogen) atoms. The zero-order valence-electron chi connectivity index (χ0n) is 11.5. The summed E-state index contributed by atoms with van der Waals surface area (Å²) in [5, 5.41) is 13.9. The summed E-state index contributed by atoms with van der Waals surface area (Å²) in [6, 6.07) is 5.94. The Morgan fingerprint density at radius 3 is 2.81 bits per heavy atom. The first-order valence-corrected chi connectivity index (χ1v) is 7.00. The summed E-state index contributed by atoms with van der Waals surface area (Å²) in [4.78, 5) is 18.7. The lowest BCUT2D eigenvalue weighted by molar-refractivity contribution is -0.384. The van der Waals surface area contributed by atoms with Gasteiger partial charge in [-0.25, -0.2) is 4.98 Å². The number of nitrogens with zero attached hydrogens (tertiary/aromatic N) is 3. The average Bonchev–Trinajstić information content (AvgIpc) is 2.40. The van der Waals surface area contributed by atoms with Gasteiger partial charge in [-0.2, -0.15) is 4.98 Å². The van der Waals surface area contributed by atoms with Gasteiger partial charge in [0.2, 0.25) is 5.88 Å². The van der Waals surface area contributed by atoms with Crippen molar-refractivity contribution in [2.75, 3.05) is 11.9 Å². The number of benzene rings is 1. The van der Waals surface area contributed by atoms with Crippen LogP contribution in [0.5, 0.6) is 11.6 Å². The van der Waals surface area contributed by atoms with Crippen LogP contribution < -0.4 is 10.1 Å². The molecular formula is C13H13BrN4O3. The predicted octanol–water partition coefficient (Wildman–Crippen LogP) is 3.68. The fourth-order valence-electron chi connectivity index (χ4n) is 1.66. The van der Waals surface area contributed by atoms with E-state index >= 15 is 0 Å². The number of anilines is 1. The minimum absolute atomic E-state index is 0.0501. The highest BCUT2D eigenvalue weighted by Gasteiger charge is 2.12. The molecule has 7 nitrogen and oxygen atoms in total. The normalized spacial score (nSPS) is 10.2. The Morgan fingerprint density at radius 1 is 1.38 bits per heavy atom. The van der Waals surface area contributed by atoms with Crippen molar-refractivity contribution in [2.45, 2.75) is 13.8 Å². The van der Waals surface area contributed by atoms with Crippen molar-refractivity contribution in [1.29, 1.82) is 0 Å². The maximum Gasteiger partial charge on any atom is 0.273 e. The van der Waals surface area contributed by atoms with E-state index in [9.17, 15) is 10.1 Å². The second-order valence-corrected chi connectivity index (χ2v) is 5.00. The van der Waals surface area contributed by atoms with Crippen LogP contribution in [0, 0.1) is 17.0 Å². The van der Waals surface area contributed by atoms with Crippen molar-refractivity contribution in [3.63, 3.8) is 0 Å². The quantitative estimate of drug-likeness (QED) is 0.651. The Labute approximate surface area is 129 Å². The molecule has 0 aliphatic heterocycles. The molecule has 1 aromatic carbocycles. The van der Waals surface area contributed by atoms with E-state index in [1.54, 1.807) is 19.1 Å². The smallest absolute Gasteiger partial charge is 0.273 e. The van der Waals surface area contributed by atoms with E-state index in [2.05, 4.69) is 31.2 Å². The maximum atomic E-state index is 10.8. The molecule has 0 radical (unpaired) electrons. The van der Waals surface area contributed by atoms with Crippen LogP contribution in [0.25, 0.3) is 0 Å². The van der Waals surface area contributed by atoms with E-state index in [4.69, 9.17) is 4.74 Å². The summed E-state index contributed by atoms with van der Waals surface area (Å²) >= 11 is 3.30. The van der Waals surface area contributed by atoms with Gasteiger partial charge in [-0.1, -0.05) is 0 Å². The number of aryl methyl sites for hydroxylation is 1. The van der Waals surface area contributed by atoms with Crippen molar-refractivity contribution in [3.8, 4) is 11.6 Å². The van der Waals surface area contributed by atoms with E-state index in [0.29, 0.717) is 27.7 Å². The number of aromatic nitrogens is 2. The number of hydrogen-bond acceptors (Lipinski definition) is 6. The van der Waals surface area contributed by atoms with E-state index in [-0.39, 0.29) is 5.69 Å². The molecule has 1 heterocycles. The highest BCUT2D eigenvalue weighted by atomic mass is 79.9. The second kappa shape index (κ2) is 6.49. The molecule has 2 aromatic rings. The summed E-state index contributed by atoms with van der Waals surface area (Å²) in [5.74, 6) is 1.83. The van der Waals surface area contributed by atoms with Gasteiger partial charge in [-0.3, -0.25) is 10.1 Å². The predicted molar refractivity (Wildman–Crippen MR) is 81.8 cm³/mol. The molecule has 110 valence electrons. The third-order valence-corrected chi connectivity index (χ3v) is 3.17. The molecule has 0 fully saturated rings. The Balaban J connectivity index is 2.33. The monoisotopic (exact) mass is 352 g/mol. The second-order valence-electron chi connectivity index (χ2n) is 4.14. The minimum Gasteiger partial charge on any atom is -0.437 e. The van der Waals surface area contributed by atoms with Gasteiger partial charge in [0.15, 0.2) is 5.75 Å². The summed E-state index contributed by atoms with van der Waals surface area (Å²) in [6.07, 6.45) is 0. The van der Waals surface area contributed by atoms with Crippen LogP contribution >= 0.6 is 15.9 Å². The molecular weight excluding hydrogens is 340 g/mol. The molecule has 0 saturated carbocycles. The van der Waals surface area contributed by atoms with Crippen molar-refractivity contribution >= 4 is 27.4 Å². The Bertz CT molecular complexity index is 678. The van der Waals surface area contributed by atoms with Crippen molar-refractivity contribution < 1.29 is 9.66 Å². The third kappa shape index (κ3) is 3.88. The molecule has 0 aliphatic rings. The number of nitrogens with one attached hydrogen (secondary N) is 1. The topological polar surface area (TPSA) is 90.2 Å². The summed E-state index contributed by atoms with van der Waals surface area (Å²) in [5.41, 5.74) is -0.0501. The molecule has 1 aromatic heterocycles. The molecule has 0 unspecified atom stereocenters. The molecule has 0 aliphatic carbocycles. The molecule has 0 atom stereocenters. The fraction of sp³-hybridized carbons (Fsp3) is 0.231. The molecule has 0 saturated heterocycles. The number of ether oxygens (including phenoxy) is 1. The Kier molecular flexibility index (Phi) is 4.69. The van der Waals surface area contributed by atoms with Gasteiger partial charge in [0.25, 0.3) is 5.69 Å². The number of nitro benzene ring substituents is 1. The number of hydrogen-bond donors (Lipinski definition) is 1. The number of non-ortho nitro benzene ring substituents is 1. The lowest BCUT2D eigenvalue weighted by atomic mass is 10.3. The Hall–Kier alpha value is -2.22. The number of halogens is 1. The van der Waals surface area contributed by atoms with Crippen LogP contribution in [0.3, 0.4) is 0 Å². The minimum atomic E-state index is -0.478. The van der Waals surface area contributed by atoms with Crippen LogP contribution in [-0.4, -0.2) is 21.4 Å². The Morgan fingerprint density at radius 2 is 2.14 bits per heavy atom. The largest absolute Gasteiger partial charge is 0.437 e. The number of rotatable bonds is 5. The third-order valence-electron chi connectivity index (χ3n) is 2.51. The van der Waals surface area contributed by atoms with Gasteiger partial charge in [-0.15, -0.1) is 0 Å². The highest BCUT2D eigenvalue weighted by molar-refractivity contribution is 9.10. The zero-order chi connectivity index (χ0) is 15.4. The van der Waals surface area contributed by atoms with E-state index < -0.39 is 4.92 Å². The maximum absolute atomic E-state index is 10.8. The summed E-state index contributed by atoms with van der Waals surface area (Å²) in [7, 11) is 0. The SMILES string of the molecule is CCNc1cc(Oc2cc([N+](=O)[O-])ccc2Br)nc(C)n1. The summed E-state index contributed by atoms with van der Waals surface area (Å²) in [6.45, 7) is 4.42. The van der Waals surface area contributed by atoms with Gasteiger partial charge in [0, 0.05) is 18.7 Å². The van der Waals surface area contributed by atoms with E-state index in [1.165, 1.54) is 12.1 Å². The zero-order valence-corrected chi connectivity index (χ0v) is 13.0. The molecule has 8 heteroatoms. The number of nitro groups is 1. The van der Waals surface area contributed by atoms with Gasteiger partial charge >= 0.3 is 0 Å². The lowest BCUT2D eigenvalue weighted by Gasteiger charge is -2.09.